The second kappa shape index (κ2) is 5.68. The van der Waals surface area contributed by atoms with E-state index < -0.39 is 11.6 Å². The summed E-state index contributed by atoms with van der Waals surface area (Å²) < 4.78 is 26.6. The molecular formula is C15H14ClF2N. The number of hydrogen-bond acceptors (Lipinski definition) is 1. The maximum absolute atomic E-state index is 13.7. The minimum Gasteiger partial charge on any atom is -0.313 e. The van der Waals surface area contributed by atoms with E-state index in [9.17, 15) is 8.78 Å². The first-order chi connectivity index (χ1) is 9.02. The third-order valence-corrected chi connectivity index (χ3v) is 3.47. The molecule has 0 bridgehead atoms. The zero-order valence-corrected chi connectivity index (χ0v) is 11.4. The van der Waals surface area contributed by atoms with Crippen LogP contribution in [0.3, 0.4) is 0 Å². The Balaban J connectivity index is 2.44. The van der Waals surface area contributed by atoms with E-state index in [-0.39, 0.29) is 6.04 Å². The average molecular weight is 282 g/mol. The molecule has 0 amide bonds. The lowest BCUT2D eigenvalue weighted by Gasteiger charge is -2.14. The van der Waals surface area contributed by atoms with Gasteiger partial charge < -0.3 is 5.32 Å². The maximum atomic E-state index is 13.7. The van der Waals surface area contributed by atoms with E-state index in [0.29, 0.717) is 16.1 Å². The molecule has 19 heavy (non-hydrogen) atoms. The molecule has 0 saturated heterocycles. The first-order valence-corrected chi connectivity index (χ1v) is 6.33. The lowest BCUT2D eigenvalue weighted by Crippen LogP contribution is -2.12. The molecule has 1 nitrogen and oxygen atoms in total. The fraction of sp³-hybridized carbons (Fsp3) is 0.200. The van der Waals surface area contributed by atoms with Crippen molar-refractivity contribution in [1.82, 2.24) is 5.32 Å². The predicted molar refractivity (Wildman–Crippen MR) is 74.3 cm³/mol. The lowest BCUT2D eigenvalue weighted by molar-refractivity contribution is 0.585. The summed E-state index contributed by atoms with van der Waals surface area (Å²) in [5.41, 5.74) is 1.91. The Morgan fingerprint density at radius 1 is 1.11 bits per heavy atom. The van der Waals surface area contributed by atoms with Crippen LogP contribution < -0.4 is 5.32 Å². The minimum absolute atomic E-state index is 0.111. The highest BCUT2D eigenvalue weighted by molar-refractivity contribution is 6.31. The molecule has 1 N–H and O–H groups in total. The van der Waals surface area contributed by atoms with Gasteiger partial charge in [0.1, 0.15) is 11.6 Å². The Morgan fingerprint density at radius 3 is 2.42 bits per heavy atom. The van der Waals surface area contributed by atoms with Crippen molar-refractivity contribution in [3.63, 3.8) is 0 Å². The van der Waals surface area contributed by atoms with Crippen LogP contribution in [0.25, 0.3) is 11.1 Å². The third kappa shape index (κ3) is 2.94. The number of rotatable bonds is 3. The molecule has 0 aromatic heterocycles. The standard InChI is InChI=1S/C15H14ClF2N/c1-9(19-2)12-5-3-10(7-14(12)16)13-6-4-11(17)8-15(13)18/h3-9,19H,1-2H3. The molecule has 0 aliphatic rings. The van der Waals surface area contributed by atoms with E-state index in [1.165, 1.54) is 12.1 Å². The smallest absolute Gasteiger partial charge is 0.133 e. The first kappa shape index (κ1) is 14.0. The summed E-state index contributed by atoms with van der Waals surface area (Å²) in [4.78, 5) is 0. The van der Waals surface area contributed by atoms with Gasteiger partial charge in [-0.1, -0.05) is 23.7 Å². The third-order valence-electron chi connectivity index (χ3n) is 3.14. The van der Waals surface area contributed by atoms with Gasteiger partial charge in [-0.05, 0) is 43.3 Å². The molecule has 2 aromatic carbocycles. The van der Waals surface area contributed by atoms with Crippen LogP contribution in [0.4, 0.5) is 8.78 Å². The van der Waals surface area contributed by atoms with Crippen molar-refractivity contribution in [2.45, 2.75) is 13.0 Å². The van der Waals surface area contributed by atoms with Crippen molar-refractivity contribution in [2.75, 3.05) is 7.05 Å². The van der Waals surface area contributed by atoms with Gasteiger partial charge in [0.05, 0.1) is 0 Å². The SMILES string of the molecule is CNC(C)c1ccc(-c2ccc(F)cc2F)cc1Cl. The highest BCUT2D eigenvalue weighted by atomic mass is 35.5. The minimum atomic E-state index is -0.592. The molecule has 0 radical (unpaired) electrons. The van der Waals surface area contributed by atoms with Gasteiger partial charge in [0, 0.05) is 22.7 Å². The number of nitrogens with one attached hydrogen (secondary N) is 1. The molecular weight excluding hydrogens is 268 g/mol. The van der Waals surface area contributed by atoms with E-state index in [4.69, 9.17) is 11.6 Å². The van der Waals surface area contributed by atoms with E-state index >= 15 is 0 Å². The Morgan fingerprint density at radius 2 is 1.84 bits per heavy atom. The Hall–Kier alpha value is -1.45. The summed E-state index contributed by atoms with van der Waals surface area (Å²) in [5.74, 6) is -1.18. The summed E-state index contributed by atoms with van der Waals surface area (Å²) in [6.45, 7) is 1.99. The first-order valence-electron chi connectivity index (χ1n) is 5.95. The maximum Gasteiger partial charge on any atom is 0.133 e. The molecule has 4 heteroatoms. The van der Waals surface area contributed by atoms with Crippen LogP contribution in [0, 0.1) is 11.6 Å². The van der Waals surface area contributed by atoms with E-state index in [1.54, 1.807) is 12.1 Å². The Kier molecular flexibility index (Phi) is 4.17. The van der Waals surface area contributed by atoms with Crippen LogP contribution in [-0.2, 0) is 0 Å². The van der Waals surface area contributed by atoms with E-state index in [0.717, 1.165) is 11.6 Å². The Bertz CT molecular complexity index is 599. The molecule has 2 rings (SSSR count). The van der Waals surface area contributed by atoms with Crippen molar-refractivity contribution in [3.05, 3.63) is 58.6 Å². The molecule has 0 fully saturated rings. The normalized spacial score (nSPS) is 12.5. The molecule has 0 aliphatic carbocycles. The second-order valence-corrected chi connectivity index (χ2v) is 4.78. The summed E-state index contributed by atoms with van der Waals surface area (Å²) in [5, 5.41) is 3.65. The zero-order chi connectivity index (χ0) is 14.0. The molecule has 100 valence electrons. The largest absolute Gasteiger partial charge is 0.313 e. The van der Waals surface area contributed by atoms with Crippen molar-refractivity contribution < 1.29 is 8.78 Å². The van der Waals surface area contributed by atoms with Crippen LogP contribution in [-0.4, -0.2) is 7.05 Å². The highest BCUT2D eigenvalue weighted by Crippen LogP contribution is 2.30. The van der Waals surface area contributed by atoms with Crippen LogP contribution in [0.15, 0.2) is 36.4 Å². The summed E-state index contributed by atoms with van der Waals surface area (Å²) in [7, 11) is 1.84. The van der Waals surface area contributed by atoms with Gasteiger partial charge in [0.2, 0.25) is 0 Å². The van der Waals surface area contributed by atoms with E-state index in [1.807, 2.05) is 20.0 Å². The monoisotopic (exact) mass is 281 g/mol. The van der Waals surface area contributed by atoms with Crippen molar-refractivity contribution in [2.24, 2.45) is 0 Å². The molecule has 0 heterocycles. The van der Waals surface area contributed by atoms with E-state index in [2.05, 4.69) is 5.32 Å². The van der Waals surface area contributed by atoms with Crippen molar-refractivity contribution in [1.29, 1.82) is 0 Å². The number of benzene rings is 2. The average Bonchev–Trinajstić information content (AvgIpc) is 2.37. The van der Waals surface area contributed by atoms with Gasteiger partial charge in [-0.25, -0.2) is 8.78 Å². The molecule has 1 atom stereocenters. The van der Waals surface area contributed by atoms with Gasteiger partial charge in [-0.15, -0.1) is 0 Å². The molecule has 1 unspecified atom stereocenters. The quantitative estimate of drug-likeness (QED) is 0.869. The van der Waals surface area contributed by atoms with Gasteiger partial charge >= 0.3 is 0 Å². The summed E-state index contributed by atoms with van der Waals surface area (Å²) in [6.07, 6.45) is 0. The topological polar surface area (TPSA) is 12.0 Å². The molecule has 0 aliphatic heterocycles. The lowest BCUT2D eigenvalue weighted by atomic mass is 10.0. The fourth-order valence-corrected chi connectivity index (χ4v) is 2.27. The van der Waals surface area contributed by atoms with Crippen LogP contribution >= 0.6 is 11.6 Å². The summed E-state index contributed by atoms with van der Waals surface area (Å²) in [6, 6.07) is 8.95. The van der Waals surface area contributed by atoms with Gasteiger partial charge in [0.15, 0.2) is 0 Å². The zero-order valence-electron chi connectivity index (χ0n) is 10.7. The van der Waals surface area contributed by atoms with Crippen molar-refractivity contribution in [3.8, 4) is 11.1 Å². The van der Waals surface area contributed by atoms with Gasteiger partial charge in [-0.2, -0.15) is 0 Å². The predicted octanol–water partition coefficient (Wildman–Crippen LogP) is 4.57. The highest BCUT2D eigenvalue weighted by Gasteiger charge is 2.11. The molecule has 0 spiro atoms. The second-order valence-electron chi connectivity index (χ2n) is 4.37. The molecule has 2 aromatic rings. The Labute approximate surface area is 116 Å². The van der Waals surface area contributed by atoms with Gasteiger partial charge in [-0.3, -0.25) is 0 Å². The van der Waals surface area contributed by atoms with Crippen LogP contribution in [0.5, 0.6) is 0 Å². The van der Waals surface area contributed by atoms with Crippen LogP contribution in [0.1, 0.15) is 18.5 Å². The number of hydrogen-bond donors (Lipinski definition) is 1. The fourth-order valence-electron chi connectivity index (χ4n) is 1.92. The van der Waals surface area contributed by atoms with Crippen LogP contribution in [0.2, 0.25) is 5.02 Å². The van der Waals surface area contributed by atoms with Crippen molar-refractivity contribution >= 4 is 11.6 Å². The molecule has 0 saturated carbocycles. The van der Waals surface area contributed by atoms with Gasteiger partial charge in [0.25, 0.3) is 0 Å². The summed E-state index contributed by atoms with van der Waals surface area (Å²) >= 11 is 6.20. The number of halogens is 3.